The van der Waals surface area contributed by atoms with E-state index in [0.29, 0.717) is 5.56 Å². The lowest BCUT2D eigenvalue weighted by Crippen LogP contribution is -2.15. The maximum absolute atomic E-state index is 12.3. The van der Waals surface area contributed by atoms with Crippen molar-refractivity contribution in [2.24, 2.45) is 0 Å². The van der Waals surface area contributed by atoms with Gasteiger partial charge in [0.25, 0.3) is 5.69 Å². The first-order valence-corrected chi connectivity index (χ1v) is 7.61. The summed E-state index contributed by atoms with van der Waals surface area (Å²) < 4.78 is 5.35. The lowest BCUT2D eigenvalue weighted by Gasteiger charge is -2.14. The van der Waals surface area contributed by atoms with Crippen molar-refractivity contribution in [3.8, 4) is 0 Å². The van der Waals surface area contributed by atoms with Crippen LogP contribution < -0.4 is 0 Å². The second-order valence-electron chi connectivity index (χ2n) is 5.42. The Bertz CT molecular complexity index is 827. The third kappa shape index (κ3) is 4.84. The Hall–Kier alpha value is -3.28. The third-order valence-corrected chi connectivity index (χ3v) is 3.54. The number of carbonyl (C=O) groups is 2. The molecule has 6 heteroatoms. The lowest BCUT2D eigenvalue weighted by molar-refractivity contribution is -0.384. The van der Waals surface area contributed by atoms with Gasteiger partial charge in [0.15, 0.2) is 5.78 Å². The van der Waals surface area contributed by atoms with Crippen LogP contribution in [0.15, 0.2) is 60.2 Å². The van der Waals surface area contributed by atoms with E-state index in [9.17, 15) is 19.7 Å². The highest BCUT2D eigenvalue weighted by atomic mass is 16.6. The molecule has 0 saturated carbocycles. The predicted molar refractivity (Wildman–Crippen MR) is 92.7 cm³/mol. The molecule has 1 atom stereocenters. The Balaban J connectivity index is 2.25. The van der Waals surface area contributed by atoms with E-state index in [0.717, 1.165) is 5.56 Å². The van der Waals surface area contributed by atoms with Crippen molar-refractivity contribution < 1.29 is 19.2 Å². The Labute approximate surface area is 144 Å². The van der Waals surface area contributed by atoms with Gasteiger partial charge in [-0.2, -0.15) is 0 Å². The summed E-state index contributed by atoms with van der Waals surface area (Å²) in [5.41, 5.74) is 0.892. The van der Waals surface area contributed by atoms with Crippen LogP contribution in [0.25, 0.3) is 6.08 Å². The maximum Gasteiger partial charge on any atom is 0.342 e. The highest BCUT2D eigenvalue weighted by Crippen LogP contribution is 2.20. The van der Waals surface area contributed by atoms with Gasteiger partial charge in [0.2, 0.25) is 0 Å². The second-order valence-corrected chi connectivity index (χ2v) is 5.42. The highest BCUT2D eigenvalue weighted by molar-refractivity contribution is 6.19. The Morgan fingerprint density at radius 1 is 1.12 bits per heavy atom. The minimum atomic E-state index is -0.768. The first kappa shape index (κ1) is 18.1. The van der Waals surface area contributed by atoms with Gasteiger partial charge < -0.3 is 4.74 Å². The van der Waals surface area contributed by atoms with Crippen LogP contribution in [0.5, 0.6) is 0 Å². The molecule has 0 heterocycles. The monoisotopic (exact) mass is 339 g/mol. The maximum atomic E-state index is 12.3. The summed E-state index contributed by atoms with van der Waals surface area (Å²) in [4.78, 5) is 34.5. The molecule has 25 heavy (non-hydrogen) atoms. The smallest absolute Gasteiger partial charge is 0.342 e. The van der Waals surface area contributed by atoms with Gasteiger partial charge in [-0.15, -0.1) is 0 Å². The van der Waals surface area contributed by atoms with E-state index in [2.05, 4.69) is 0 Å². The number of ether oxygens (including phenoxy) is 1. The molecule has 0 amide bonds. The number of hydrogen-bond acceptors (Lipinski definition) is 5. The van der Waals surface area contributed by atoms with Gasteiger partial charge in [-0.05, 0) is 31.1 Å². The van der Waals surface area contributed by atoms with E-state index in [1.54, 1.807) is 13.0 Å². The Morgan fingerprint density at radius 2 is 1.80 bits per heavy atom. The van der Waals surface area contributed by atoms with Crippen molar-refractivity contribution in [3.05, 3.63) is 81.4 Å². The van der Waals surface area contributed by atoms with Gasteiger partial charge in [0.05, 0.1) is 4.92 Å². The summed E-state index contributed by atoms with van der Waals surface area (Å²) in [6.45, 7) is 2.95. The molecule has 6 nitrogen and oxygen atoms in total. The zero-order valence-corrected chi connectivity index (χ0v) is 13.8. The van der Waals surface area contributed by atoms with Crippen LogP contribution in [0, 0.1) is 10.1 Å². The molecule has 0 aromatic heterocycles. The van der Waals surface area contributed by atoms with E-state index in [4.69, 9.17) is 4.74 Å². The lowest BCUT2D eigenvalue weighted by atomic mass is 10.1. The molecule has 0 radical (unpaired) electrons. The molecule has 0 aliphatic rings. The number of esters is 1. The minimum Gasteiger partial charge on any atom is -0.454 e. The number of nitrogens with zero attached hydrogens (tertiary/aromatic N) is 1. The van der Waals surface area contributed by atoms with Gasteiger partial charge in [-0.1, -0.05) is 42.5 Å². The van der Waals surface area contributed by atoms with Gasteiger partial charge in [0, 0.05) is 12.1 Å². The van der Waals surface area contributed by atoms with Gasteiger partial charge in [0.1, 0.15) is 11.7 Å². The van der Waals surface area contributed by atoms with Crippen molar-refractivity contribution >= 4 is 23.5 Å². The standard InChI is InChI=1S/C19H17NO5/c1-13(21)18(12-15-7-6-10-17(11-15)20(23)24)19(22)25-14(2)16-8-4-3-5-9-16/h3-12,14H,1-2H3/b18-12+/t14-/m1/s1. The number of hydrogen-bond donors (Lipinski definition) is 0. The summed E-state index contributed by atoms with van der Waals surface area (Å²) in [7, 11) is 0. The van der Waals surface area contributed by atoms with Crippen LogP contribution in [0.1, 0.15) is 31.1 Å². The van der Waals surface area contributed by atoms with Crippen molar-refractivity contribution in [2.75, 3.05) is 0 Å². The number of rotatable bonds is 6. The van der Waals surface area contributed by atoms with Crippen LogP contribution in [-0.2, 0) is 14.3 Å². The summed E-state index contributed by atoms with van der Waals surface area (Å²) in [6.07, 6.45) is 0.775. The SMILES string of the molecule is CC(=O)/C(=C\c1cccc([N+](=O)[O-])c1)C(=O)O[C@H](C)c1ccccc1. The number of ketones is 1. The van der Waals surface area contributed by atoms with E-state index in [1.807, 2.05) is 30.3 Å². The van der Waals surface area contributed by atoms with Gasteiger partial charge >= 0.3 is 5.97 Å². The molecule has 0 aliphatic carbocycles. The molecule has 0 aliphatic heterocycles. The first-order chi connectivity index (χ1) is 11.9. The molecule has 0 unspecified atom stereocenters. The molecule has 2 aromatic rings. The van der Waals surface area contributed by atoms with Crippen molar-refractivity contribution in [1.82, 2.24) is 0 Å². The van der Waals surface area contributed by atoms with E-state index in [-0.39, 0.29) is 11.3 Å². The topological polar surface area (TPSA) is 86.5 Å². The average Bonchev–Trinajstić information content (AvgIpc) is 2.60. The van der Waals surface area contributed by atoms with Crippen LogP contribution in [-0.4, -0.2) is 16.7 Å². The normalized spacial score (nSPS) is 12.3. The van der Waals surface area contributed by atoms with Crippen LogP contribution in [0.3, 0.4) is 0 Å². The first-order valence-electron chi connectivity index (χ1n) is 7.61. The molecule has 2 rings (SSSR count). The van der Waals surface area contributed by atoms with Crippen molar-refractivity contribution in [2.45, 2.75) is 20.0 Å². The van der Waals surface area contributed by atoms with Crippen LogP contribution in [0.4, 0.5) is 5.69 Å². The highest BCUT2D eigenvalue weighted by Gasteiger charge is 2.20. The quantitative estimate of drug-likeness (QED) is 0.199. The molecule has 2 aromatic carbocycles. The zero-order valence-electron chi connectivity index (χ0n) is 13.8. The number of nitro groups is 1. The minimum absolute atomic E-state index is 0.123. The molecule has 128 valence electrons. The zero-order chi connectivity index (χ0) is 18.4. The predicted octanol–water partition coefficient (Wildman–Crippen LogP) is 3.87. The Kier molecular flexibility index (Phi) is 5.79. The van der Waals surface area contributed by atoms with Crippen molar-refractivity contribution in [1.29, 1.82) is 0 Å². The molecular formula is C19H17NO5. The summed E-state index contributed by atoms with van der Waals surface area (Å²) in [5.74, 6) is -1.24. The molecule has 0 saturated heterocycles. The number of nitro benzene ring substituents is 1. The molecule has 0 fully saturated rings. The Morgan fingerprint density at radius 3 is 2.40 bits per heavy atom. The molecular weight excluding hydrogens is 322 g/mol. The van der Waals surface area contributed by atoms with E-state index < -0.39 is 22.8 Å². The average molecular weight is 339 g/mol. The van der Waals surface area contributed by atoms with E-state index in [1.165, 1.54) is 31.2 Å². The fraction of sp³-hybridized carbons (Fsp3) is 0.158. The summed E-state index contributed by atoms with van der Waals surface area (Å²) in [6, 6.07) is 14.8. The summed E-state index contributed by atoms with van der Waals surface area (Å²) in [5, 5.41) is 10.8. The fourth-order valence-electron chi connectivity index (χ4n) is 2.22. The fourth-order valence-corrected chi connectivity index (χ4v) is 2.22. The number of non-ortho nitro benzene ring substituents is 1. The summed E-state index contributed by atoms with van der Waals surface area (Å²) >= 11 is 0. The van der Waals surface area contributed by atoms with Gasteiger partial charge in [-0.3, -0.25) is 14.9 Å². The van der Waals surface area contributed by atoms with Crippen LogP contribution in [0.2, 0.25) is 0 Å². The number of carbonyl (C=O) groups excluding carboxylic acids is 2. The largest absolute Gasteiger partial charge is 0.454 e. The number of benzene rings is 2. The molecule has 0 spiro atoms. The second kappa shape index (κ2) is 8.01. The molecule has 0 bridgehead atoms. The van der Waals surface area contributed by atoms with Gasteiger partial charge in [-0.25, -0.2) is 4.79 Å². The molecule has 0 N–H and O–H groups in total. The number of Topliss-reactive ketones (excluding diaryl/α,β-unsaturated/α-hetero) is 1. The third-order valence-electron chi connectivity index (χ3n) is 3.54. The van der Waals surface area contributed by atoms with Crippen molar-refractivity contribution in [3.63, 3.8) is 0 Å². The van der Waals surface area contributed by atoms with E-state index >= 15 is 0 Å². The van der Waals surface area contributed by atoms with Crippen LogP contribution >= 0.6 is 0 Å².